The van der Waals surface area contributed by atoms with Gasteiger partial charge >= 0.3 is 0 Å². The van der Waals surface area contributed by atoms with Crippen molar-refractivity contribution in [3.63, 3.8) is 0 Å². The van der Waals surface area contributed by atoms with Crippen LogP contribution in [0, 0.1) is 17.3 Å². The Kier molecular flexibility index (Phi) is 3.16. The van der Waals surface area contributed by atoms with Crippen LogP contribution in [0.3, 0.4) is 0 Å². The van der Waals surface area contributed by atoms with E-state index in [1.165, 1.54) is 0 Å². The van der Waals surface area contributed by atoms with Crippen LogP contribution in [0.2, 0.25) is 0 Å². The second-order valence-electron chi connectivity index (χ2n) is 4.89. The maximum Gasteiger partial charge on any atom is 0.251 e. The summed E-state index contributed by atoms with van der Waals surface area (Å²) in [5.41, 5.74) is -0.00870. The molecule has 14 heavy (non-hydrogen) atoms. The van der Waals surface area contributed by atoms with Crippen molar-refractivity contribution >= 4 is 0 Å². The Hall–Kier alpha value is -0.620. The first kappa shape index (κ1) is 11.5. The third kappa shape index (κ3) is 4.06. The highest BCUT2D eigenvalue weighted by Crippen LogP contribution is 2.37. The number of halogens is 2. The zero-order valence-electron chi connectivity index (χ0n) is 8.95. The van der Waals surface area contributed by atoms with E-state index in [1.807, 2.05) is 20.8 Å². The summed E-state index contributed by atoms with van der Waals surface area (Å²) >= 11 is 0. The molecule has 1 fully saturated rings. The molecule has 0 radical (unpaired) electrons. The van der Waals surface area contributed by atoms with E-state index >= 15 is 0 Å². The van der Waals surface area contributed by atoms with Gasteiger partial charge in [0.25, 0.3) is 5.92 Å². The van der Waals surface area contributed by atoms with Gasteiger partial charge in [0.2, 0.25) is 0 Å². The fourth-order valence-electron chi connectivity index (χ4n) is 1.31. The molecule has 1 rings (SSSR count). The van der Waals surface area contributed by atoms with Crippen LogP contribution < -0.4 is 5.32 Å². The third-order valence-electron chi connectivity index (χ3n) is 2.03. The van der Waals surface area contributed by atoms with Crippen molar-refractivity contribution in [1.29, 1.82) is 0 Å². The number of hydrogen-bond donors (Lipinski definition) is 1. The van der Waals surface area contributed by atoms with Gasteiger partial charge in [-0.25, -0.2) is 8.78 Å². The van der Waals surface area contributed by atoms with E-state index in [-0.39, 0.29) is 24.3 Å². The smallest absolute Gasteiger partial charge is 0.251 e. The predicted molar refractivity (Wildman–Crippen MR) is 53.2 cm³/mol. The van der Waals surface area contributed by atoms with Crippen molar-refractivity contribution in [1.82, 2.24) is 5.32 Å². The van der Waals surface area contributed by atoms with E-state index in [0.29, 0.717) is 6.54 Å². The summed E-state index contributed by atoms with van der Waals surface area (Å²) < 4.78 is 24.8. The monoisotopic (exact) mass is 201 g/mol. The predicted octanol–water partition coefficient (Wildman–Crippen LogP) is 2.42. The zero-order chi connectivity index (χ0) is 10.8. The lowest BCUT2D eigenvalue weighted by molar-refractivity contribution is -0.0918. The third-order valence-corrected chi connectivity index (χ3v) is 2.03. The lowest BCUT2D eigenvalue weighted by Gasteiger charge is -2.35. The van der Waals surface area contributed by atoms with Gasteiger partial charge in [-0.3, -0.25) is 0 Å². The fourth-order valence-corrected chi connectivity index (χ4v) is 1.31. The molecule has 0 heterocycles. The van der Waals surface area contributed by atoms with E-state index in [1.54, 1.807) is 0 Å². The Morgan fingerprint density at radius 2 is 1.93 bits per heavy atom. The molecule has 0 unspecified atom stereocenters. The summed E-state index contributed by atoms with van der Waals surface area (Å²) in [5, 5.41) is 2.99. The average molecular weight is 201 g/mol. The molecule has 1 nitrogen and oxygen atoms in total. The molecule has 0 aromatic rings. The fraction of sp³-hybridized carbons (Fsp3) is 0.818. The highest BCUT2D eigenvalue weighted by Gasteiger charge is 2.44. The van der Waals surface area contributed by atoms with Crippen LogP contribution in [-0.2, 0) is 0 Å². The molecule has 0 spiro atoms. The summed E-state index contributed by atoms with van der Waals surface area (Å²) in [6.07, 6.45) is -0.0750. The second kappa shape index (κ2) is 3.86. The second-order valence-corrected chi connectivity index (χ2v) is 4.89. The van der Waals surface area contributed by atoms with Crippen LogP contribution >= 0.6 is 0 Å². The summed E-state index contributed by atoms with van der Waals surface area (Å²) in [5.74, 6) is 3.56. The summed E-state index contributed by atoms with van der Waals surface area (Å²) in [7, 11) is 0. The van der Waals surface area contributed by atoms with Crippen LogP contribution in [0.25, 0.3) is 0 Å². The van der Waals surface area contributed by atoms with Crippen molar-refractivity contribution in [2.45, 2.75) is 45.6 Å². The number of rotatable bonds is 2. The average Bonchev–Trinajstić information content (AvgIpc) is 1.92. The molecule has 0 bridgehead atoms. The normalized spacial score (nSPS) is 20.9. The molecule has 0 amide bonds. The molecule has 0 atom stereocenters. The topological polar surface area (TPSA) is 12.0 Å². The van der Waals surface area contributed by atoms with Crippen molar-refractivity contribution in [2.24, 2.45) is 5.41 Å². The molecule has 0 aromatic heterocycles. The van der Waals surface area contributed by atoms with Crippen LogP contribution in [0.4, 0.5) is 8.78 Å². The number of nitrogens with one attached hydrogen (secondary N) is 1. The lowest BCUT2D eigenvalue weighted by atomic mass is 9.88. The summed E-state index contributed by atoms with van der Waals surface area (Å²) in [6.45, 7) is 6.59. The molecule has 0 aliphatic heterocycles. The molecule has 0 saturated heterocycles. The highest BCUT2D eigenvalue weighted by molar-refractivity contribution is 5.09. The van der Waals surface area contributed by atoms with E-state index in [0.717, 1.165) is 0 Å². The Morgan fingerprint density at radius 1 is 1.36 bits per heavy atom. The largest absolute Gasteiger partial charge is 0.303 e. The minimum absolute atomic E-state index is 0.00870. The first-order chi connectivity index (χ1) is 6.29. The van der Waals surface area contributed by atoms with E-state index in [9.17, 15) is 8.78 Å². The van der Waals surface area contributed by atoms with Crippen molar-refractivity contribution < 1.29 is 8.78 Å². The van der Waals surface area contributed by atoms with Gasteiger partial charge in [-0.15, -0.1) is 0 Å². The van der Waals surface area contributed by atoms with Gasteiger partial charge in [0.05, 0.1) is 6.54 Å². The Morgan fingerprint density at radius 3 is 2.36 bits per heavy atom. The SMILES string of the molecule is CC(C)(C)C#CCNC1CC(F)(F)C1. The Labute approximate surface area is 84.3 Å². The van der Waals surface area contributed by atoms with Gasteiger partial charge in [0.1, 0.15) is 0 Å². The number of alkyl halides is 2. The van der Waals surface area contributed by atoms with Crippen molar-refractivity contribution in [2.75, 3.05) is 6.54 Å². The van der Waals surface area contributed by atoms with E-state index < -0.39 is 5.92 Å². The van der Waals surface area contributed by atoms with Crippen LogP contribution in [0.15, 0.2) is 0 Å². The van der Waals surface area contributed by atoms with Gasteiger partial charge < -0.3 is 5.32 Å². The molecule has 0 aromatic carbocycles. The van der Waals surface area contributed by atoms with E-state index in [2.05, 4.69) is 17.2 Å². The van der Waals surface area contributed by atoms with E-state index in [4.69, 9.17) is 0 Å². The standard InChI is InChI=1S/C11H17F2N/c1-10(2,3)5-4-6-14-9-7-11(12,13)8-9/h9,14H,6-8H2,1-3H3. The van der Waals surface area contributed by atoms with Gasteiger partial charge in [0, 0.05) is 24.3 Å². The molecule has 3 heteroatoms. The Balaban J connectivity index is 2.14. The first-order valence-electron chi connectivity index (χ1n) is 4.90. The molecule has 1 saturated carbocycles. The molecular formula is C11H17F2N. The lowest BCUT2D eigenvalue weighted by Crippen LogP contribution is -2.48. The molecular weight excluding hydrogens is 184 g/mol. The first-order valence-corrected chi connectivity index (χ1v) is 4.90. The summed E-state index contributed by atoms with van der Waals surface area (Å²) in [6, 6.07) is -0.0423. The van der Waals surface area contributed by atoms with Gasteiger partial charge in [0.15, 0.2) is 0 Å². The minimum Gasteiger partial charge on any atom is -0.303 e. The Bertz CT molecular complexity index is 247. The maximum atomic E-state index is 12.4. The minimum atomic E-state index is -2.44. The van der Waals surface area contributed by atoms with Crippen LogP contribution in [0.1, 0.15) is 33.6 Å². The molecule has 1 aliphatic carbocycles. The molecule has 1 aliphatic rings. The zero-order valence-corrected chi connectivity index (χ0v) is 8.95. The van der Waals surface area contributed by atoms with Gasteiger partial charge in [-0.05, 0) is 20.8 Å². The number of hydrogen-bond acceptors (Lipinski definition) is 1. The van der Waals surface area contributed by atoms with Crippen molar-refractivity contribution in [3.05, 3.63) is 0 Å². The van der Waals surface area contributed by atoms with Crippen LogP contribution in [0.5, 0.6) is 0 Å². The van der Waals surface area contributed by atoms with Crippen molar-refractivity contribution in [3.8, 4) is 11.8 Å². The molecule has 1 N–H and O–H groups in total. The highest BCUT2D eigenvalue weighted by atomic mass is 19.3. The quantitative estimate of drug-likeness (QED) is 0.676. The van der Waals surface area contributed by atoms with Crippen LogP contribution in [-0.4, -0.2) is 18.5 Å². The summed E-state index contributed by atoms with van der Waals surface area (Å²) in [4.78, 5) is 0. The van der Waals surface area contributed by atoms with Gasteiger partial charge in [-0.1, -0.05) is 11.8 Å². The van der Waals surface area contributed by atoms with Gasteiger partial charge in [-0.2, -0.15) is 0 Å². The molecule has 80 valence electrons. The maximum absolute atomic E-state index is 12.4.